The predicted molar refractivity (Wildman–Crippen MR) is 400 cm³/mol. The molecule has 35 atom stereocenters. The first-order valence-corrected chi connectivity index (χ1v) is 46.9. The second-order valence-corrected chi connectivity index (χ2v) is 37.3. The van der Waals surface area contributed by atoms with E-state index in [1.165, 1.54) is 0 Å². The molecule has 126 heavy (non-hydrogen) atoms. The van der Waals surface area contributed by atoms with Crippen LogP contribution >= 0.6 is 82.3 Å². The topological polar surface area (TPSA) is 693 Å². The molecule has 0 amide bonds. The second kappa shape index (κ2) is 66.5. The maximum Gasteiger partial charge on any atom is 1.00 e. The molecule has 0 spiro atoms. The van der Waals surface area contributed by atoms with Gasteiger partial charge in [-0.15, -0.1) is 0 Å². The van der Waals surface area contributed by atoms with Gasteiger partial charge in [-0.2, -0.15) is 82.3 Å². The maximum absolute atomic E-state index is 12.3. The molecule has 21 rings (SSSR count). The Morgan fingerprint density at radius 3 is 0.381 bits per heavy atom. The van der Waals surface area contributed by atoms with Crippen LogP contribution in [0.1, 0.15) is 89.9 Å². The summed E-state index contributed by atoms with van der Waals surface area (Å²) in [6.45, 7) is 0. The monoisotopic (exact) mass is 2000 g/mol. The van der Waals surface area contributed by atoms with Crippen LogP contribution in [0.2, 0.25) is 0 Å². The number of aliphatic hydroxyl groups excluding tert-OH is 14. The van der Waals surface area contributed by atoms with Crippen molar-refractivity contribution in [1.82, 2.24) is 0 Å². The molecule has 0 radical (unpaired) electrons. The number of rotatable bonds is 42. The van der Waals surface area contributed by atoms with Gasteiger partial charge in [-0.1, -0.05) is 0 Å². The molecule has 42 nitrogen and oxygen atoms in total. The number of aliphatic hydroxyl groups is 14. The molecule has 21 heterocycles. The fourth-order valence-corrected chi connectivity index (χ4v) is 21.1. The Morgan fingerprint density at radius 2 is 0.286 bits per heavy atom. The van der Waals surface area contributed by atoms with Crippen molar-refractivity contribution >= 4 is 124 Å². The Bertz CT molecular complexity index is 2590. The van der Waals surface area contributed by atoms with Gasteiger partial charge in [0.05, 0.1) is 42.7 Å². The molecular formula is C70H105Na7O42S7. The summed E-state index contributed by atoms with van der Waals surface area (Å²) in [4.78, 5) is 80.4. The Morgan fingerprint density at radius 1 is 0.183 bits per heavy atom. The molecule has 0 aromatic carbocycles. The summed E-state index contributed by atoms with van der Waals surface area (Å²) < 4.78 is 88.5. The number of aliphatic carboxylic acids is 7. The first-order chi connectivity index (χ1) is 56.6. The average Bonchev–Trinajstić information content (AvgIpc) is 0.788. The van der Waals surface area contributed by atoms with E-state index < -0.39 is 302 Å². The van der Waals surface area contributed by atoms with Crippen LogP contribution in [-0.2, 0) is 99.9 Å². The van der Waals surface area contributed by atoms with Gasteiger partial charge in [0.25, 0.3) is 0 Å². The molecule has 0 aromatic heterocycles. The Hall–Kier alpha value is 4.62. The summed E-state index contributed by atoms with van der Waals surface area (Å²) in [5, 5.41) is 251. The quantitative estimate of drug-likeness (QED) is 0.0199. The molecule has 0 aromatic rings. The van der Waals surface area contributed by atoms with Crippen molar-refractivity contribution < 1.29 is 414 Å². The van der Waals surface area contributed by atoms with E-state index in [1.807, 2.05) is 0 Å². The number of hydrogen-bond acceptors (Lipinski definition) is 49. The molecule has 21 aliphatic rings. The third-order valence-electron chi connectivity index (χ3n) is 20.2. The second-order valence-electron chi connectivity index (χ2n) is 29.2. The van der Waals surface area contributed by atoms with Crippen molar-refractivity contribution in [3.05, 3.63) is 0 Å². The molecular weight excluding hydrogens is 1900 g/mol. The van der Waals surface area contributed by atoms with E-state index in [-0.39, 0.29) is 332 Å². The third-order valence-corrected chi connectivity index (χ3v) is 28.2. The molecule has 0 unspecified atom stereocenters. The first kappa shape index (κ1) is 129. The van der Waals surface area contributed by atoms with Crippen molar-refractivity contribution in [1.29, 1.82) is 0 Å². The van der Waals surface area contributed by atoms with E-state index in [0.29, 0.717) is 0 Å². The van der Waals surface area contributed by atoms with Gasteiger partial charge in [0.2, 0.25) is 0 Å². The van der Waals surface area contributed by atoms with Gasteiger partial charge in [-0.05, 0) is 130 Å². The number of carbonyl (C=O) groups excluding carboxylic acids is 7. The Labute approximate surface area is 911 Å². The van der Waals surface area contributed by atoms with Crippen LogP contribution in [0.3, 0.4) is 0 Å². The van der Waals surface area contributed by atoms with Gasteiger partial charge in [-0.3, -0.25) is 0 Å². The normalized spacial score (nSPS) is 37.6. The van der Waals surface area contributed by atoms with Gasteiger partial charge in [0.15, 0.2) is 44.0 Å². The zero-order chi connectivity index (χ0) is 86.9. The van der Waals surface area contributed by atoms with Crippen LogP contribution in [0.5, 0.6) is 0 Å². The average molecular weight is 2000 g/mol. The van der Waals surface area contributed by atoms with Crippen LogP contribution in [0.15, 0.2) is 0 Å². The molecule has 686 valence electrons. The molecule has 21 aliphatic heterocycles. The van der Waals surface area contributed by atoms with Crippen LogP contribution in [-0.4, -0.2) is 409 Å². The fourth-order valence-electron chi connectivity index (χ4n) is 14.0. The molecule has 21 fully saturated rings. The molecule has 14 bridgehead atoms. The van der Waals surface area contributed by atoms with Gasteiger partial charge < -0.3 is 207 Å². The summed E-state index contributed by atoms with van der Waals surface area (Å²) in [7, 11) is 0. The maximum atomic E-state index is 12.3. The number of carboxylic acids is 7. The standard InChI is InChI=1S/C70H112O42S7.7Na/c71-36(72)8-1-15-113-22-29-57-43(85)50(92)64(99-29)107-58-30(23-114-16-2-9-37(73)74)101-66(52(94)45(58)87)109-60-32(25-116-18-4-11-39(77)78)103-68(54(96)47(60)89)111-62-34(27-118-20-6-13-41(81)82)105-70(56(98)49(62)91)112-63-35(28-119-21-7-14-42(83)84)104-69(55(97)48(63)90)110-61-33(26-117-19-5-12-40(79)80)102-67(53(95)46(61)88)108-59-31(24-115-17-3-10-38(75)76)100-65(106-57)51(93)44(59)86;;;;;;;/h29-35,43-70,85-98H,1-28H2,(H,71,72)(H,73,74)(H,75,76)(H,77,78)(H,79,80)(H,81,82)(H,83,84);;;;;;;/q;7*+1/p-7/t29-,30-,31-,32-,33-,34-,35-,43-,44-,45-,46-,47-,48-,49-,50-,51-,52-,53-,54-,55-,56-,57-,58-,59-,60-,61-,62-,63-,64-,65-,66-,67-,68-,69-,70-;;;;;;;/m1......./s1. The summed E-state index contributed by atoms with van der Waals surface area (Å²) >= 11 is 7.13. The minimum atomic E-state index is -2.26. The molecule has 56 heteroatoms. The molecule has 0 aliphatic carbocycles. The summed E-state index contributed by atoms with van der Waals surface area (Å²) in [5.41, 5.74) is 0. The van der Waals surface area contributed by atoms with E-state index in [2.05, 4.69) is 0 Å². The SMILES string of the molecule is O=C([O-])CCCSC[C@H]1O[C@@H]2O[C@H]3[C@H](O)[C@@H](O)[C@@H](O[C@H]4[C@H](O)[C@@H](O)[C@@H](O[C@H]5[C@H](O)[C@@H](O)[C@@H](O[C@H]6[C@H](O)[C@@H](O)[C@@H](O[C@H]7[C@H](O)[C@@H](O)[C@@H](O[C@H]8[C@H](O)[C@@H](O)[C@@H](O[C@H]1[C@H](O)[C@H]2O)O[C@@H]8CSCCCC(=O)[O-])O[C@@H]7CSCCCC(=O)[O-])O[C@@H]6CSCCCC(=O)[O-])O[C@@H]5CSCCCC(=O)[O-])O[C@@H]4CSCCCC(=O)[O-])O[C@@H]3CSCCCC(=O)[O-].[Na+].[Na+].[Na+].[Na+].[Na+].[Na+].[Na+]. The van der Waals surface area contributed by atoms with Crippen LogP contribution < -0.4 is 243 Å². The van der Waals surface area contributed by atoms with Gasteiger partial charge in [0.1, 0.15) is 128 Å². The van der Waals surface area contributed by atoms with E-state index >= 15 is 0 Å². The number of ether oxygens (including phenoxy) is 14. The number of carbonyl (C=O) groups is 7. The van der Waals surface area contributed by atoms with Crippen molar-refractivity contribution in [2.45, 2.75) is 305 Å². The third kappa shape index (κ3) is 40.1. The van der Waals surface area contributed by atoms with Gasteiger partial charge in [-0.25, -0.2) is 0 Å². The largest absolute Gasteiger partial charge is 1.00 e. The van der Waals surface area contributed by atoms with Crippen molar-refractivity contribution in [3.63, 3.8) is 0 Å². The Balaban J connectivity index is 0.0000113. The van der Waals surface area contributed by atoms with Crippen molar-refractivity contribution in [3.8, 4) is 0 Å². The minimum Gasteiger partial charge on any atom is -0.550 e. The number of thioether (sulfide) groups is 7. The fraction of sp³-hybridized carbons (Fsp3) is 0.900. The minimum absolute atomic E-state index is 0. The van der Waals surface area contributed by atoms with Crippen molar-refractivity contribution in [2.75, 3.05) is 80.5 Å². The zero-order valence-electron chi connectivity index (χ0n) is 71.1. The number of hydrogen-bond donors (Lipinski definition) is 14. The van der Waals surface area contributed by atoms with Crippen LogP contribution in [0, 0.1) is 0 Å². The van der Waals surface area contributed by atoms with Crippen LogP contribution in [0.4, 0.5) is 0 Å². The van der Waals surface area contributed by atoms with Gasteiger partial charge >= 0.3 is 207 Å². The Kier molecular flexibility index (Phi) is 67.8. The van der Waals surface area contributed by atoms with E-state index in [0.717, 1.165) is 82.3 Å². The van der Waals surface area contributed by atoms with Crippen LogP contribution in [0.25, 0.3) is 0 Å². The van der Waals surface area contributed by atoms with Gasteiger partial charge in [0, 0.05) is 82.1 Å². The van der Waals surface area contributed by atoms with E-state index in [4.69, 9.17) is 66.3 Å². The molecule has 0 saturated carbocycles. The summed E-state index contributed by atoms with van der Waals surface area (Å²) in [5.74, 6) is -11.2. The van der Waals surface area contributed by atoms with E-state index in [1.54, 1.807) is 0 Å². The predicted octanol–water partition coefficient (Wildman–Crippen LogP) is -34.3. The van der Waals surface area contributed by atoms with E-state index in [9.17, 15) is 141 Å². The molecule has 14 N–H and O–H groups in total. The first-order valence-electron chi connectivity index (χ1n) is 38.8. The number of carboxylic acid groups (broad SMARTS) is 7. The van der Waals surface area contributed by atoms with Crippen molar-refractivity contribution in [2.24, 2.45) is 0 Å². The smallest absolute Gasteiger partial charge is 0.550 e. The molecule has 21 saturated heterocycles. The summed E-state index contributed by atoms with van der Waals surface area (Å²) in [6.07, 6.45) is -72.1. The zero-order valence-corrected chi connectivity index (χ0v) is 90.8. The summed E-state index contributed by atoms with van der Waals surface area (Å²) in [6, 6.07) is 0.